The largest absolute Gasteiger partial charge is 0.325 e. The first kappa shape index (κ1) is 17.8. The number of halogens is 2. The summed E-state index contributed by atoms with van der Waals surface area (Å²) < 4.78 is 0. The molecule has 1 unspecified atom stereocenters. The minimum atomic E-state index is -1.16. The molecule has 2 aromatic carbocycles. The summed E-state index contributed by atoms with van der Waals surface area (Å²) in [6.45, 7) is 1.74. The Morgan fingerprint density at radius 1 is 1.04 bits per heavy atom. The Balaban J connectivity index is 1.73. The maximum atomic E-state index is 13.2. The van der Waals surface area contributed by atoms with Gasteiger partial charge in [0.2, 0.25) is 0 Å². The minimum absolute atomic E-state index is 0.0219. The van der Waals surface area contributed by atoms with Crippen molar-refractivity contribution in [1.82, 2.24) is 15.2 Å². The van der Waals surface area contributed by atoms with Crippen LogP contribution in [0.5, 0.6) is 0 Å². The number of pyridine rings is 1. The second-order valence-electron chi connectivity index (χ2n) is 6.56. The van der Waals surface area contributed by atoms with Crippen LogP contribution in [0.3, 0.4) is 0 Å². The van der Waals surface area contributed by atoms with Gasteiger partial charge in [0.05, 0.1) is 6.54 Å². The minimum Gasteiger partial charge on any atom is -0.319 e. The lowest BCUT2D eigenvalue weighted by Gasteiger charge is -2.24. The van der Waals surface area contributed by atoms with Crippen LogP contribution in [0, 0.1) is 0 Å². The van der Waals surface area contributed by atoms with Crippen molar-refractivity contribution in [2.75, 3.05) is 0 Å². The van der Waals surface area contributed by atoms with Gasteiger partial charge in [-0.15, -0.1) is 0 Å². The summed E-state index contributed by atoms with van der Waals surface area (Å²) in [6, 6.07) is 16.2. The number of urea groups is 1. The highest BCUT2D eigenvalue weighted by Crippen LogP contribution is 2.34. The molecule has 0 saturated carbocycles. The molecule has 1 aliphatic heterocycles. The number of rotatable bonds is 3. The van der Waals surface area contributed by atoms with E-state index >= 15 is 0 Å². The number of amides is 3. The van der Waals surface area contributed by atoms with Crippen LogP contribution in [0.1, 0.15) is 18.1 Å². The predicted octanol–water partition coefficient (Wildman–Crippen LogP) is 4.51. The smallest absolute Gasteiger partial charge is 0.319 e. The van der Waals surface area contributed by atoms with Crippen LogP contribution in [0.25, 0.3) is 10.8 Å². The van der Waals surface area contributed by atoms with Crippen molar-refractivity contribution < 1.29 is 9.59 Å². The Bertz CT molecular complexity index is 1080. The zero-order chi connectivity index (χ0) is 19.2. The number of benzene rings is 2. The van der Waals surface area contributed by atoms with E-state index in [0.717, 1.165) is 21.2 Å². The molecule has 0 bridgehead atoms. The number of aromatic nitrogens is 1. The van der Waals surface area contributed by atoms with Gasteiger partial charge < -0.3 is 5.32 Å². The van der Waals surface area contributed by atoms with Crippen molar-refractivity contribution in [2.45, 2.75) is 19.0 Å². The maximum Gasteiger partial charge on any atom is 0.325 e. The van der Waals surface area contributed by atoms with Gasteiger partial charge in [-0.1, -0.05) is 71.7 Å². The van der Waals surface area contributed by atoms with Crippen LogP contribution in [-0.4, -0.2) is 21.8 Å². The standard InChI is InChI=1S/C20H15Cl2N3O2/c1-20(15-8-4-6-12-5-2-3-7-14(12)15)18(26)25(19(27)24-20)11-13-9-10-16(21)23-17(13)22/h2-10H,11H2,1H3,(H,24,27). The molecule has 27 heavy (non-hydrogen) atoms. The number of hydrogen-bond donors (Lipinski definition) is 1. The Morgan fingerprint density at radius 2 is 1.78 bits per heavy atom. The molecular formula is C20H15Cl2N3O2. The fourth-order valence-electron chi connectivity index (χ4n) is 3.41. The van der Waals surface area contributed by atoms with Gasteiger partial charge in [-0.3, -0.25) is 9.69 Å². The molecule has 1 N–H and O–H groups in total. The van der Waals surface area contributed by atoms with Gasteiger partial charge in [-0.2, -0.15) is 0 Å². The van der Waals surface area contributed by atoms with Gasteiger partial charge in [0.15, 0.2) is 0 Å². The fourth-order valence-corrected chi connectivity index (χ4v) is 3.82. The molecule has 0 radical (unpaired) electrons. The third-order valence-corrected chi connectivity index (χ3v) is 5.36. The molecule has 1 fully saturated rings. The maximum absolute atomic E-state index is 13.2. The molecule has 1 aromatic heterocycles. The van der Waals surface area contributed by atoms with Crippen LogP contribution in [0.2, 0.25) is 10.3 Å². The SMILES string of the molecule is CC1(c2cccc3ccccc23)NC(=O)N(Cc2ccc(Cl)nc2Cl)C1=O. The topological polar surface area (TPSA) is 62.3 Å². The molecule has 3 amide bonds. The summed E-state index contributed by atoms with van der Waals surface area (Å²) in [5.41, 5.74) is 0.137. The zero-order valence-electron chi connectivity index (χ0n) is 14.4. The summed E-state index contributed by atoms with van der Waals surface area (Å²) in [7, 11) is 0. The van der Waals surface area contributed by atoms with Gasteiger partial charge in [0, 0.05) is 5.56 Å². The van der Waals surface area contributed by atoms with E-state index in [1.807, 2.05) is 42.5 Å². The third kappa shape index (κ3) is 2.93. The number of fused-ring (bicyclic) bond motifs is 1. The molecule has 0 aliphatic carbocycles. The summed E-state index contributed by atoms with van der Waals surface area (Å²) in [4.78, 5) is 30.9. The molecule has 1 aliphatic rings. The Morgan fingerprint density at radius 3 is 2.56 bits per heavy atom. The molecule has 7 heteroatoms. The van der Waals surface area contributed by atoms with Crippen molar-refractivity contribution in [3.8, 4) is 0 Å². The van der Waals surface area contributed by atoms with Crippen LogP contribution in [0.4, 0.5) is 4.79 Å². The Hall–Kier alpha value is -2.63. The molecule has 4 rings (SSSR count). The summed E-state index contributed by atoms with van der Waals surface area (Å²) in [5.74, 6) is -0.338. The zero-order valence-corrected chi connectivity index (χ0v) is 15.9. The molecule has 1 saturated heterocycles. The van der Waals surface area contributed by atoms with Gasteiger partial charge in [-0.25, -0.2) is 9.78 Å². The number of imide groups is 1. The molecule has 2 heterocycles. The highest BCUT2D eigenvalue weighted by Gasteiger charge is 2.49. The van der Waals surface area contributed by atoms with E-state index in [-0.39, 0.29) is 22.8 Å². The summed E-state index contributed by atoms with van der Waals surface area (Å²) in [5, 5.41) is 5.18. The quantitative estimate of drug-likeness (QED) is 0.520. The lowest BCUT2D eigenvalue weighted by Crippen LogP contribution is -2.41. The number of nitrogens with zero attached hydrogens (tertiary/aromatic N) is 2. The average Bonchev–Trinajstić information content (AvgIpc) is 2.87. The van der Waals surface area contributed by atoms with E-state index in [2.05, 4.69) is 10.3 Å². The van der Waals surface area contributed by atoms with E-state index in [1.54, 1.807) is 19.1 Å². The third-order valence-electron chi connectivity index (χ3n) is 4.82. The van der Waals surface area contributed by atoms with Gasteiger partial charge in [-0.05, 0) is 29.3 Å². The van der Waals surface area contributed by atoms with Crippen molar-refractivity contribution in [1.29, 1.82) is 0 Å². The molecule has 3 aromatic rings. The number of carbonyl (C=O) groups excluding carboxylic acids is 2. The molecule has 0 spiro atoms. The fraction of sp³-hybridized carbons (Fsp3) is 0.150. The Labute approximate surface area is 165 Å². The molecule has 5 nitrogen and oxygen atoms in total. The normalized spacial score (nSPS) is 19.6. The van der Waals surface area contributed by atoms with Gasteiger partial charge >= 0.3 is 6.03 Å². The van der Waals surface area contributed by atoms with Crippen LogP contribution >= 0.6 is 23.2 Å². The van der Waals surface area contributed by atoms with Gasteiger partial charge in [0.25, 0.3) is 5.91 Å². The van der Waals surface area contributed by atoms with Crippen molar-refractivity contribution in [2.24, 2.45) is 0 Å². The lowest BCUT2D eigenvalue weighted by molar-refractivity contribution is -0.131. The van der Waals surface area contributed by atoms with Crippen LogP contribution in [-0.2, 0) is 16.9 Å². The first-order chi connectivity index (χ1) is 12.9. The molecule has 1 atom stereocenters. The van der Waals surface area contributed by atoms with Gasteiger partial charge in [0.1, 0.15) is 15.8 Å². The predicted molar refractivity (Wildman–Crippen MR) is 105 cm³/mol. The van der Waals surface area contributed by atoms with E-state index in [9.17, 15) is 9.59 Å². The summed E-state index contributed by atoms with van der Waals surface area (Å²) >= 11 is 11.9. The van der Waals surface area contributed by atoms with E-state index in [0.29, 0.717) is 5.56 Å². The van der Waals surface area contributed by atoms with E-state index in [4.69, 9.17) is 23.2 Å². The number of hydrogen-bond acceptors (Lipinski definition) is 3. The average molecular weight is 400 g/mol. The first-order valence-electron chi connectivity index (χ1n) is 8.33. The first-order valence-corrected chi connectivity index (χ1v) is 9.09. The number of carbonyl (C=O) groups is 2. The van der Waals surface area contributed by atoms with Crippen molar-refractivity contribution in [3.05, 3.63) is 76.0 Å². The highest BCUT2D eigenvalue weighted by molar-refractivity contribution is 6.32. The van der Waals surface area contributed by atoms with E-state index < -0.39 is 11.6 Å². The van der Waals surface area contributed by atoms with Crippen LogP contribution in [0.15, 0.2) is 54.6 Å². The van der Waals surface area contributed by atoms with Crippen molar-refractivity contribution >= 4 is 45.9 Å². The molecule has 136 valence electrons. The molecular weight excluding hydrogens is 385 g/mol. The second-order valence-corrected chi connectivity index (χ2v) is 7.30. The van der Waals surface area contributed by atoms with Crippen LogP contribution < -0.4 is 5.32 Å². The van der Waals surface area contributed by atoms with Crippen molar-refractivity contribution in [3.63, 3.8) is 0 Å². The second kappa shape index (κ2) is 6.51. The Kier molecular flexibility index (Phi) is 4.29. The monoisotopic (exact) mass is 399 g/mol. The summed E-state index contributed by atoms with van der Waals surface area (Å²) in [6.07, 6.45) is 0. The highest BCUT2D eigenvalue weighted by atomic mass is 35.5. The number of nitrogens with one attached hydrogen (secondary N) is 1. The van der Waals surface area contributed by atoms with E-state index in [1.165, 1.54) is 0 Å². The lowest BCUT2D eigenvalue weighted by atomic mass is 9.88.